The Hall–Kier alpha value is -2.94. The Morgan fingerprint density at radius 3 is 2.55 bits per heavy atom. The van der Waals surface area contributed by atoms with E-state index in [0.29, 0.717) is 21.2 Å². The highest BCUT2D eigenvalue weighted by Crippen LogP contribution is 2.32. The number of aromatic nitrogens is 1. The van der Waals surface area contributed by atoms with E-state index in [0.717, 1.165) is 11.3 Å². The van der Waals surface area contributed by atoms with Gasteiger partial charge in [0.05, 0.1) is 10.6 Å². The van der Waals surface area contributed by atoms with Gasteiger partial charge in [-0.1, -0.05) is 47.1 Å². The molecule has 0 spiro atoms. The average molecular weight is 445 g/mol. The predicted octanol–water partition coefficient (Wildman–Crippen LogP) is 5.09. The molecule has 29 heavy (non-hydrogen) atoms. The van der Waals surface area contributed by atoms with Gasteiger partial charge in [0.1, 0.15) is 16.2 Å². The second-order valence-electron chi connectivity index (χ2n) is 5.99. The number of hydrogen-bond acceptors (Lipinski definition) is 6. The highest BCUT2D eigenvalue weighted by Gasteiger charge is 2.22. The summed E-state index contributed by atoms with van der Waals surface area (Å²) in [6, 6.07) is 17.8. The number of sulfonamides is 1. The molecule has 2 heterocycles. The van der Waals surface area contributed by atoms with Crippen LogP contribution in [0.4, 0.5) is 5.69 Å². The number of nitrogens with zero attached hydrogens (tertiary/aromatic N) is 1. The lowest BCUT2D eigenvalue weighted by atomic mass is 10.0. The Labute approximate surface area is 175 Å². The lowest BCUT2D eigenvalue weighted by molar-refractivity contribution is 0.103. The first-order valence-electron chi connectivity index (χ1n) is 8.37. The SMILES string of the molecule is O=C(c1ccccc1)c1cc(Cl)ccc1NS(=O)(=O)c1ccc(-c2ccon2)s1. The van der Waals surface area contributed by atoms with E-state index in [-0.39, 0.29) is 21.2 Å². The fraction of sp³-hybridized carbons (Fsp3) is 0. The van der Waals surface area contributed by atoms with Crippen LogP contribution >= 0.6 is 22.9 Å². The molecule has 0 saturated carbocycles. The van der Waals surface area contributed by atoms with Crippen LogP contribution < -0.4 is 4.72 Å². The average Bonchev–Trinajstić information content (AvgIpc) is 3.41. The van der Waals surface area contributed by atoms with Crippen molar-refractivity contribution in [1.82, 2.24) is 5.16 Å². The maximum atomic E-state index is 12.9. The van der Waals surface area contributed by atoms with Crippen LogP contribution in [-0.2, 0) is 10.0 Å². The molecule has 0 aliphatic rings. The summed E-state index contributed by atoms with van der Waals surface area (Å²) in [4.78, 5) is 13.5. The molecule has 9 heteroatoms. The number of hydrogen-bond donors (Lipinski definition) is 1. The number of halogens is 1. The Bertz CT molecular complexity index is 1270. The molecule has 0 saturated heterocycles. The van der Waals surface area contributed by atoms with Crippen LogP contribution in [0, 0.1) is 0 Å². The number of nitrogens with one attached hydrogen (secondary N) is 1. The summed E-state index contributed by atoms with van der Waals surface area (Å²) in [6.07, 6.45) is 1.41. The van der Waals surface area contributed by atoms with E-state index in [9.17, 15) is 13.2 Å². The van der Waals surface area contributed by atoms with E-state index >= 15 is 0 Å². The Morgan fingerprint density at radius 1 is 1.03 bits per heavy atom. The van der Waals surface area contributed by atoms with Crippen molar-refractivity contribution >= 4 is 44.4 Å². The van der Waals surface area contributed by atoms with Crippen LogP contribution in [0.25, 0.3) is 10.6 Å². The van der Waals surface area contributed by atoms with Gasteiger partial charge in [-0.2, -0.15) is 0 Å². The summed E-state index contributed by atoms with van der Waals surface area (Å²) in [7, 11) is -3.92. The molecule has 4 rings (SSSR count). The first kappa shape index (κ1) is 19.4. The van der Waals surface area contributed by atoms with Crippen molar-refractivity contribution < 1.29 is 17.7 Å². The van der Waals surface area contributed by atoms with Crippen molar-refractivity contribution in [2.24, 2.45) is 0 Å². The lowest BCUT2D eigenvalue weighted by Crippen LogP contribution is -2.15. The van der Waals surface area contributed by atoms with Crippen LogP contribution in [0.1, 0.15) is 15.9 Å². The molecule has 1 N–H and O–H groups in total. The quantitative estimate of drug-likeness (QED) is 0.418. The van der Waals surface area contributed by atoms with E-state index in [2.05, 4.69) is 9.88 Å². The number of benzene rings is 2. The Kier molecular flexibility index (Phi) is 5.23. The molecule has 0 radical (unpaired) electrons. The van der Waals surface area contributed by atoms with Gasteiger partial charge < -0.3 is 4.52 Å². The Morgan fingerprint density at radius 2 is 1.83 bits per heavy atom. The van der Waals surface area contributed by atoms with Crippen LogP contribution in [0.3, 0.4) is 0 Å². The fourth-order valence-corrected chi connectivity index (χ4v) is 5.19. The molecular weight excluding hydrogens is 432 g/mol. The molecule has 0 amide bonds. The molecule has 0 atom stereocenters. The first-order valence-corrected chi connectivity index (χ1v) is 11.0. The zero-order valence-electron chi connectivity index (χ0n) is 14.7. The molecular formula is C20H13ClN2O4S2. The third kappa shape index (κ3) is 4.09. The highest BCUT2D eigenvalue weighted by molar-refractivity contribution is 7.94. The second kappa shape index (κ2) is 7.82. The number of carbonyl (C=O) groups excluding carboxylic acids is 1. The van der Waals surface area contributed by atoms with Crippen molar-refractivity contribution in [3.05, 3.63) is 89.1 Å². The molecule has 2 aromatic carbocycles. The van der Waals surface area contributed by atoms with Crippen LogP contribution in [0.15, 0.2) is 81.7 Å². The summed E-state index contributed by atoms with van der Waals surface area (Å²) >= 11 is 7.10. The van der Waals surface area contributed by atoms with Gasteiger partial charge in [0.2, 0.25) is 0 Å². The first-order chi connectivity index (χ1) is 13.9. The van der Waals surface area contributed by atoms with Crippen molar-refractivity contribution in [2.45, 2.75) is 4.21 Å². The smallest absolute Gasteiger partial charge is 0.271 e. The largest absolute Gasteiger partial charge is 0.364 e. The zero-order chi connectivity index (χ0) is 20.4. The standard InChI is InChI=1S/C20H13ClN2O4S2/c21-14-6-7-16(15(12-14)20(24)13-4-2-1-3-5-13)23-29(25,26)19-9-8-18(28-19)17-10-11-27-22-17/h1-12,23H. The van der Waals surface area contributed by atoms with Crippen molar-refractivity contribution in [2.75, 3.05) is 4.72 Å². The molecule has 0 bridgehead atoms. The monoisotopic (exact) mass is 444 g/mol. The molecule has 6 nitrogen and oxygen atoms in total. The molecule has 0 aliphatic carbocycles. The summed E-state index contributed by atoms with van der Waals surface area (Å²) in [5, 5.41) is 4.14. The number of ketones is 1. The predicted molar refractivity (Wildman–Crippen MR) is 112 cm³/mol. The normalized spacial score (nSPS) is 11.3. The van der Waals surface area contributed by atoms with Gasteiger partial charge in [-0.05, 0) is 30.3 Å². The van der Waals surface area contributed by atoms with E-state index in [1.807, 2.05) is 0 Å². The van der Waals surface area contributed by atoms with E-state index in [1.54, 1.807) is 42.5 Å². The minimum Gasteiger partial charge on any atom is -0.364 e. The number of carbonyl (C=O) groups is 1. The van der Waals surface area contributed by atoms with Crippen LogP contribution in [0.5, 0.6) is 0 Å². The van der Waals surface area contributed by atoms with Crippen LogP contribution in [0.2, 0.25) is 5.02 Å². The topological polar surface area (TPSA) is 89.3 Å². The third-order valence-corrected chi connectivity index (χ3v) is 7.24. The minimum atomic E-state index is -3.92. The summed E-state index contributed by atoms with van der Waals surface area (Å²) in [6.45, 7) is 0. The molecule has 0 fully saturated rings. The van der Waals surface area contributed by atoms with Gasteiger partial charge in [-0.25, -0.2) is 8.42 Å². The third-order valence-electron chi connectivity index (χ3n) is 4.04. The van der Waals surface area contributed by atoms with Crippen LogP contribution in [-0.4, -0.2) is 19.4 Å². The molecule has 4 aromatic rings. The Balaban J connectivity index is 1.68. The number of thiophene rings is 1. The van der Waals surface area contributed by atoms with Gasteiger partial charge in [0, 0.05) is 22.2 Å². The van der Waals surface area contributed by atoms with Gasteiger partial charge in [0.25, 0.3) is 10.0 Å². The van der Waals surface area contributed by atoms with Crippen molar-refractivity contribution in [1.29, 1.82) is 0 Å². The maximum absolute atomic E-state index is 12.9. The molecule has 146 valence electrons. The van der Waals surface area contributed by atoms with Gasteiger partial charge in [-0.3, -0.25) is 9.52 Å². The van der Waals surface area contributed by atoms with E-state index in [1.165, 1.54) is 30.5 Å². The van der Waals surface area contributed by atoms with E-state index < -0.39 is 10.0 Å². The van der Waals surface area contributed by atoms with E-state index in [4.69, 9.17) is 16.1 Å². The number of rotatable bonds is 6. The maximum Gasteiger partial charge on any atom is 0.271 e. The molecule has 2 aromatic heterocycles. The highest BCUT2D eigenvalue weighted by atomic mass is 35.5. The summed E-state index contributed by atoms with van der Waals surface area (Å²) in [5.74, 6) is -0.333. The van der Waals surface area contributed by atoms with Gasteiger partial charge in [-0.15, -0.1) is 11.3 Å². The summed E-state index contributed by atoms with van der Waals surface area (Å²) < 4.78 is 33.2. The molecule has 0 aliphatic heterocycles. The second-order valence-corrected chi connectivity index (χ2v) is 9.42. The van der Waals surface area contributed by atoms with Gasteiger partial charge in [0.15, 0.2) is 5.78 Å². The zero-order valence-corrected chi connectivity index (χ0v) is 17.1. The lowest BCUT2D eigenvalue weighted by Gasteiger charge is -2.12. The minimum absolute atomic E-state index is 0.0866. The van der Waals surface area contributed by atoms with Crippen molar-refractivity contribution in [3.8, 4) is 10.6 Å². The molecule has 0 unspecified atom stereocenters. The number of anilines is 1. The van der Waals surface area contributed by atoms with Crippen molar-refractivity contribution in [3.63, 3.8) is 0 Å². The fourth-order valence-electron chi connectivity index (χ4n) is 2.68. The summed E-state index contributed by atoms with van der Waals surface area (Å²) in [5.41, 5.74) is 1.29. The van der Waals surface area contributed by atoms with Gasteiger partial charge >= 0.3 is 0 Å².